The molecule has 0 spiro atoms. The van der Waals surface area contributed by atoms with Crippen LogP contribution in [0.25, 0.3) is 27.5 Å². The lowest BCUT2D eigenvalue weighted by molar-refractivity contribution is -0.137. The van der Waals surface area contributed by atoms with Gasteiger partial charge in [-0.3, -0.25) is 0 Å². The molecule has 0 amide bonds. The molecule has 9 heteroatoms. The van der Waals surface area contributed by atoms with Crippen LogP contribution in [0.5, 0.6) is 0 Å². The lowest BCUT2D eigenvalue weighted by atomic mass is 10.1. The molecule has 1 atom stereocenters. The van der Waals surface area contributed by atoms with Crippen molar-refractivity contribution in [1.82, 2.24) is 14.8 Å². The molecule has 2 heterocycles. The van der Waals surface area contributed by atoms with Gasteiger partial charge >= 0.3 is 6.18 Å². The molecular weight excluding hydrogens is 442 g/mol. The molecule has 4 aromatic rings. The number of rotatable bonds is 5. The predicted octanol–water partition coefficient (Wildman–Crippen LogP) is 6.84. The van der Waals surface area contributed by atoms with E-state index >= 15 is 0 Å². The zero-order valence-corrected chi connectivity index (χ0v) is 18.3. The Morgan fingerprint density at radius 3 is 2.41 bits per heavy atom. The van der Waals surface area contributed by atoms with Crippen molar-refractivity contribution >= 4 is 11.3 Å². The summed E-state index contributed by atoms with van der Waals surface area (Å²) in [4.78, 5) is 5.43. The van der Waals surface area contributed by atoms with Crippen molar-refractivity contribution in [1.29, 1.82) is 0 Å². The van der Waals surface area contributed by atoms with Crippen molar-refractivity contribution in [2.24, 2.45) is 0 Å². The maximum Gasteiger partial charge on any atom is 0.416 e. The van der Waals surface area contributed by atoms with Crippen LogP contribution in [-0.2, 0) is 10.9 Å². The Kier molecular flexibility index (Phi) is 5.87. The number of thiazole rings is 1. The van der Waals surface area contributed by atoms with E-state index in [1.807, 2.05) is 13.8 Å². The minimum Gasteiger partial charge on any atom is -0.376 e. The number of ether oxygens (including phenoxy) is 1. The molecule has 1 unspecified atom stereocenters. The molecule has 0 saturated carbocycles. The van der Waals surface area contributed by atoms with E-state index in [0.717, 1.165) is 22.6 Å². The lowest BCUT2D eigenvalue weighted by Gasteiger charge is -2.10. The fraction of sp³-hybridized carbons (Fsp3) is 0.217. The second-order valence-corrected chi connectivity index (χ2v) is 8.25. The van der Waals surface area contributed by atoms with Gasteiger partial charge in [-0.15, -0.1) is 0 Å². The number of nitrogens with zero attached hydrogens (tertiary/aromatic N) is 3. The van der Waals surface area contributed by atoms with Crippen LogP contribution in [0.4, 0.5) is 17.6 Å². The fourth-order valence-electron chi connectivity index (χ4n) is 3.32. The highest BCUT2D eigenvalue weighted by Gasteiger charge is 2.30. The van der Waals surface area contributed by atoms with Crippen LogP contribution in [0.2, 0.25) is 0 Å². The van der Waals surface area contributed by atoms with E-state index in [9.17, 15) is 17.6 Å². The second kappa shape index (κ2) is 8.48. The Hall–Kier alpha value is -3.04. The van der Waals surface area contributed by atoms with Crippen molar-refractivity contribution in [2.45, 2.75) is 26.1 Å². The molecule has 0 saturated heterocycles. The van der Waals surface area contributed by atoms with E-state index in [4.69, 9.17) is 4.74 Å². The van der Waals surface area contributed by atoms with Crippen LogP contribution < -0.4 is 0 Å². The minimum atomic E-state index is -4.41. The first kappa shape index (κ1) is 22.2. The van der Waals surface area contributed by atoms with Gasteiger partial charge in [-0.25, -0.2) is 14.1 Å². The predicted molar refractivity (Wildman–Crippen MR) is 115 cm³/mol. The first-order valence-electron chi connectivity index (χ1n) is 9.71. The number of methoxy groups -OCH3 is 1. The largest absolute Gasteiger partial charge is 0.416 e. The van der Waals surface area contributed by atoms with Crippen molar-refractivity contribution < 1.29 is 22.3 Å². The topological polar surface area (TPSA) is 39.9 Å². The number of aryl methyl sites for hydroxylation is 1. The van der Waals surface area contributed by atoms with Gasteiger partial charge in [0.2, 0.25) is 5.13 Å². The van der Waals surface area contributed by atoms with E-state index in [1.54, 1.807) is 30.1 Å². The van der Waals surface area contributed by atoms with Gasteiger partial charge in [0.25, 0.3) is 0 Å². The van der Waals surface area contributed by atoms with Gasteiger partial charge in [0.1, 0.15) is 5.82 Å². The van der Waals surface area contributed by atoms with Crippen molar-refractivity contribution in [2.75, 3.05) is 7.11 Å². The number of halogens is 4. The van der Waals surface area contributed by atoms with E-state index in [-0.39, 0.29) is 11.9 Å². The van der Waals surface area contributed by atoms with Crippen LogP contribution in [0.3, 0.4) is 0 Å². The zero-order chi connectivity index (χ0) is 23.0. The number of alkyl halides is 3. The van der Waals surface area contributed by atoms with E-state index in [0.29, 0.717) is 27.6 Å². The molecule has 0 aliphatic carbocycles. The summed E-state index contributed by atoms with van der Waals surface area (Å²) in [6.45, 7) is 3.66. The summed E-state index contributed by atoms with van der Waals surface area (Å²) < 4.78 is 59.6. The maximum atomic E-state index is 13.7. The monoisotopic (exact) mass is 461 g/mol. The van der Waals surface area contributed by atoms with Crippen LogP contribution in [0.1, 0.15) is 29.2 Å². The summed E-state index contributed by atoms with van der Waals surface area (Å²) >= 11 is 1.34. The van der Waals surface area contributed by atoms with Gasteiger partial charge in [0.15, 0.2) is 0 Å². The Morgan fingerprint density at radius 2 is 1.78 bits per heavy atom. The standard InChI is InChI=1S/C23H19F4N3OS/c1-13-19(16-5-4-6-18(24)11-16)12-30(29-13)22-28-20(21(32-22)14(2)31-3)15-7-9-17(10-8-15)23(25,26)27/h4-12,14H,1-3H3. The summed E-state index contributed by atoms with van der Waals surface area (Å²) in [7, 11) is 1.56. The van der Waals surface area contributed by atoms with Crippen LogP contribution >= 0.6 is 11.3 Å². The number of hydrogen-bond donors (Lipinski definition) is 0. The average Bonchev–Trinajstić information content (AvgIpc) is 3.37. The first-order valence-corrected chi connectivity index (χ1v) is 10.5. The molecule has 2 aromatic heterocycles. The van der Waals surface area contributed by atoms with Crippen LogP contribution in [0, 0.1) is 12.7 Å². The number of benzene rings is 2. The zero-order valence-electron chi connectivity index (χ0n) is 17.4. The molecule has 0 aliphatic rings. The Balaban J connectivity index is 1.77. The smallest absolute Gasteiger partial charge is 0.376 e. The third-order valence-electron chi connectivity index (χ3n) is 5.08. The van der Waals surface area contributed by atoms with E-state index in [1.165, 1.54) is 35.6 Å². The van der Waals surface area contributed by atoms with Crippen LogP contribution in [-0.4, -0.2) is 21.9 Å². The highest BCUT2D eigenvalue weighted by Crippen LogP contribution is 2.38. The average molecular weight is 461 g/mol. The highest BCUT2D eigenvalue weighted by molar-refractivity contribution is 7.14. The normalized spacial score (nSPS) is 12.8. The SMILES string of the molecule is COC(C)c1sc(-n2cc(-c3cccc(F)c3)c(C)n2)nc1-c1ccc(C(F)(F)F)cc1. The maximum absolute atomic E-state index is 13.7. The molecule has 0 aliphatic heterocycles. The van der Waals surface area contributed by atoms with Gasteiger partial charge < -0.3 is 4.74 Å². The summed E-state index contributed by atoms with van der Waals surface area (Å²) in [6, 6.07) is 11.1. The van der Waals surface area contributed by atoms with E-state index < -0.39 is 11.7 Å². The van der Waals surface area contributed by atoms with Gasteiger partial charge in [0, 0.05) is 24.4 Å². The molecule has 32 heavy (non-hydrogen) atoms. The molecule has 0 radical (unpaired) electrons. The minimum absolute atomic E-state index is 0.321. The molecule has 4 nitrogen and oxygen atoms in total. The van der Waals surface area contributed by atoms with E-state index in [2.05, 4.69) is 10.1 Å². The second-order valence-electron chi connectivity index (χ2n) is 7.25. The van der Waals surface area contributed by atoms with Gasteiger partial charge in [0.05, 0.1) is 27.9 Å². The van der Waals surface area contributed by atoms with Crippen molar-refractivity contribution in [3.8, 4) is 27.5 Å². The van der Waals surface area contributed by atoms with Gasteiger partial charge in [-0.1, -0.05) is 35.6 Å². The Morgan fingerprint density at radius 1 is 1.06 bits per heavy atom. The Labute approximate surface area is 186 Å². The molecule has 0 N–H and O–H groups in total. The highest BCUT2D eigenvalue weighted by atomic mass is 32.1. The first-order chi connectivity index (χ1) is 15.2. The van der Waals surface area contributed by atoms with Crippen molar-refractivity contribution in [3.63, 3.8) is 0 Å². The number of hydrogen-bond acceptors (Lipinski definition) is 4. The molecule has 166 valence electrons. The lowest BCUT2D eigenvalue weighted by Crippen LogP contribution is -2.04. The Bertz CT molecular complexity index is 1250. The number of aromatic nitrogens is 3. The fourth-order valence-corrected chi connectivity index (χ4v) is 4.37. The summed E-state index contributed by atoms with van der Waals surface area (Å²) in [5.74, 6) is -0.343. The molecule has 4 rings (SSSR count). The summed E-state index contributed by atoms with van der Waals surface area (Å²) in [6.07, 6.45) is -2.97. The van der Waals surface area contributed by atoms with Gasteiger partial charge in [-0.05, 0) is 43.7 Å². The summed E-state index contributed by atoms with van der Waals surface area (Å²) in [5.41, 5.74) is 2.52. The van der Waals surface area contributed by atoms with Crippen molar-refractivity contribution in [3.05, 3.63) is 76.7 Å². The van der Waals surface area contributed by atoms with Crippen LogP contribution in [0.15, 0.2) is 54.7 Å². The third kappa shape index (κ3) is 4.31. The summed E-state index contributed by atoms with van der Waals surface area (Å²) in [5, 5.41) is 5.05. The quantitative estimate of drug-likeness (QED) is 0.306. The molecule has 2 aromatic carbocycles. The third-order valence-corrected chi connectivity index (χ3v) is 6.29. The van der Waals surface area contributed by atoms with Gasteiger partial charge in [-0.2, -0.15) is 18.3 Å². The molecule has 0 bridgehead atoms. The molecule has 0 fully saturated rings. The molecular formula is C23H19F4N3OS.